The summed E-state index contributed by atoms with van der Waals surface area (Å²) in [6.07, 6.45) is 16.4. The van der Waals surface area contributed by atoms with Crippen molar-refractivity contribution in [2.75, 3.05) is 6.54 Å². The van der Waals surface area contributed by atoms with Crippen LogP contribution in [0.5, 0.6) is 0 Å². The van der Waals surface area contributed by atoms with Crippen LogP contribution < -0.4 is 17.2 Å². The van der Waals surface area contributed by atoms with E-state index in [4.69, 9.17) is 21.9 Å². The van der Waals surface area contributed by atoms with Crippen molar-refractivity contribution in [1.29, 1.82) is 0 Å². The number of allylic oxidation sites excluding steroid dienone is 1. The monoisotopic (exact) mass is 558 g/mol. The van der Waals surface area contributed by atoms with Gasteiger partial charge in [0.25, 0.3) is 0 Å². The van der Waals surface area contributed by atoms with Crippen molar-refractivity contribution < 1.29 is 14.6 Å². The van der Waals surface area contributed by atoms with Crippen LogP contribution in [-0.4, -0.2) is 41.3 Å². The predicted molar refractivity (Wildman–Crippen MR) is 162 cm³/mol. The standard InChI is InChI=1S/C33H58N4O3/c1-21(8-6-16-31(2,3)39)25-12-13-26-24-11-10-22-20-23(40-29(38)28(34)9-7-19-37-30(35)36)14-17-32(22,4)27(24)15-18-33(25,26)5/h10,21,23-28,39H,6-9,11-20,34H2,1-5H3,(H4,35,36,37)/t21-,23+,24+,25-,26+,27+,28+,32+,33-/m1/s1. The number of nitrogens with two attached hydrogens (primary N) is 3. The molecule has 4 rings (SSSR count). The minimum atomic E-state index is -0.629. The Kier molecular flexibility index (Phi) is 9.66. The van der Waals surface area contributed by atoms with E-state index >= 15 is 0 Å². The molecule has 0 radical (unpaired) electrons. The molecule has 0 bridgehead atoms. The Bertz CT molecular complexity index is 954. The summed E-state index contributed by atoms with van der Waals surface area (Å²) in [5.74, 6) is 3.63. The van der Waals surface area contributed by atoms with Crippen molar-refractivity contribution >= 4 is 11.9 Å². The Morgan fingerprint density at radius 1 is 1.12 bits per heavy atom. The second-order valence-corrected chi connectivity index (χ2v) is 15.0. The highest BCUT2D eigenvalue weighted by Crippen LogP contribution is 2.67. The lowest BCUT2D eigenvalue weighted by molar-refractivity contribution is -0.153. The van der Waals surface area contributed by atoms with Gasteiger partial charge in [0.2, 0.25) is 0 Å². The van der Waals surface area contributed by atoms with Crippen LogP contribution in [0.4, 0.5) is 0 Å². The van der Waals surface area contributed by atoms with Crippen molar-refractivity contribution in [3.05, 3.63) is 11.6 Å². The molecule has 228 valence electrons. The summed E-state index contributed by atoms with van der Waals surface area (Å²) >= 11 is 0. The molecule has 7 nitrogen and oxygen atoms in total. The van der Waals surface area contributed by atoms with Crippen LogP contribution in [-0.2, 0) is 9.53 Å². The lowest BCUT2D eigenvalue weighted by atomic mass is 9.47. The third-order valence-electron chi connectivity index (χ3n) is 11.8. The van der Waals surface area contributed by atoms with Gasteiger partial charge in [-0.1, -0.05) is 45.3 Å². The number of aliphatic hydroxyl groups is 1. The Hall–Kier alpha value is -1.60. The number of carbonyl (C=O) groups is 1. The van der Waals surface area contributed by atoms with Gasteiger partial charge in [0.15, 0.2) is 5.96 Å². The Morgan fingerprint density at radius 3 is 2.58 bits per heavy atom. The third kappa shape index (κ3) is 6.72. The lowest BCUT2D eigenvalue weighted by Gasteiger charge is -2.58. The van der Waals surface area contributed by atoms with Crippen LogP contribution in [0.25, 0.3) is 0 Å². The summed E-state index contributed by atoms with van der Waals surface area (Å²) in [6.45, 7) is 12.0. The van der Waals surface area contributed by atoms with E-state index in [-0.39, 0.29) is 23.4 Å². The van der Waals surface area contributed by atoms with Crippen LogP contribution in [0.3, 0.4) is 0 Å². The van der Waals surface area contributed by atoms with E-state index in [1.54, 1.807) is 0 Å². The molecule has 7 N–H and O–H groups in total. The van der Waals surface area contributed by atoms with Crippen molar-refractivity contribution in [2.45, 2.75) is 136 Å². The minimum absolute atomic E-state index is 0.0627. The maximum atomic E-state index is 12.7. The fraction of sp³-hybridized carbons (Fsp3) is 0.879. The number of carbonyl (C=O) groups excluding carboxylic acids is 1. The van der Waals surface area contributed by atoms with E-state index in [0.29, 0.717) is 24.8 Å². The van der Waals surface area contributed by atoms with E-state index < -0.39 is 11.6 Å². The fourth-order valence-corrected chi connectivity index (χ4v) is 9.65. The van der Waals surface area contributed by atoms with Crippen LogP contribution in [0.1, 0.15) is 118 Å². The van der Waals surface area contributed by atoms with Gasteiger partial charge in [-0.15, -0.1) is 0 Å². The normalized spacial score (nSPS) is 36.9. The predicted octanol–water partition coefficient (Wildman–Crippen LogP) is 5.44. The minimum Gasteiger partial charge on any atom is -0.461 e. The van der Waals surface area contributed by atoms with E-state index in [1.807, 2.05) is 13.8 Å². The summed E-state index contributed by atoms with van der Waals surface area (Å²) in [6, 6.07) is -0.629. The van der Waals surface area contributed by atoms with E-state index in [2.05, 4.69) is 31.8 Å². The van der Waals surface area contributed by atoms with Gasteiger partial charge in [0.1, 0.15) is 12.1 Å². The molecule has 7 heteroatoms. The largest absolute Gasteiger partial charge is 0.461 e. The van der Waals surface area contributed by atoms with Crippen molar-refractivity contribution in [3.63, 3.8) is 0 Å². The van der Waals surface area contributed by atoms with Gasteiger partial charge in [-0.25, -0.2) is 0 Å². The van der Waals surface area contributed by atoms with E-state index in [0.717, 1.165) is 61.7 Å². The van der Waals surface area contributed by atoms with Crippen molar-refractivity contribution in [2.24, 2.45) is 62.6 Å². The Morgan fingerprint density at radius 2 is 1.88 bits per heavy atom. The van der Waals surface area contributed by atoms with Crippen molar-refractivity contribution in [1.82, 2.24) is 0 Å². The molecule has 0 aromatic carbocycles. The molecule has 0 aromatic heterocycles. The molecule has 0 spiro atoms. The maximum absolute atomic E-state index is 12.7. The van der Waals surface area contributed by atoms with Crippen LogP contribution in [0, 0.1) is 40.4 Å². The Balaban J connectivity index is 1.34. The molecular formula is C33H58N4O3. The number of nitrogens with zero attached hydrogens (tertiary/aromatic N) is 1. The molecule has 0 aliphatic heterocycles. The van der Waals surface area contributed by atoms with Gasteiger partial charge in [-0.05, 0) is 118 Å². The molecule has 40 heavy (non-hydrogen) atoms. The average molecular weight is 559 g/mol. The highest BCUT2D eigenvalue weighted by molar-refractivity contribution is 5.76. The maximum Gasteiger partial charge on any atom is 0.323 e. The number of esters is 1. The highest BCUT2D eigenvalue weighted by Gasteiger charge is 2.59. The number of hydrogen-bond donors (Lipinski definition) is 4. The molecule has 4 aliphatic carbocycles. The van der Waals surface area contributed by atoms with Gasteiger partial charge in [0.05, 0.1) is 5.60 Å². The first-order valence-corrected chi connectivity index (χ1v) is 16.2. The summed E-state index contributed by atoms with van der Waals surface area (Å²) in [4.78, 5) is 16.7. The molecule has 4 aliphatic rings. The first kappa shape index (κ1) is 31.3. The smallest absolute Gasteiger partial charge is 0.323 e. The van der Waals surface area contributed by atoms with E-state index in [9.17, 15) is 9.90 Å². The number of guanidine groups is 1. The number of rotatable bonds is 11. The number of fused-ring (bicyclic) bond motifs is 5. The molecule has 0 amide bonds. The fourth-order valence-electron chi connectivity index (χ4n) is 9.65. The number of ether oxygens (including phenoxy) is 1. The lowest BCUT2D eigenvalue weighted by Crippen LogP contribution is -2.51. The molecule has 3 saturated carbocycles. The average Bonchev–Trinajstić information content (AvgIpc) is 3.23. The zero-order chi connectivity index (χ0) is 29.3. The molecule has 0 heterocycles. The topological polar surface area (TPSA) is 137 Å². The molecule has 3 fully saturated rings. The van der Waals surface area contributed by atoms with Crippen molar-refractivity contribution in [3.8, 4) is 0 Å². The molecule has 9 atom stereocenters. The summed E-state index contributed by atoms with van der Waals surface area (Å²) in [5, 5.41) is 10.2. The first-order chi connectivity index (χ1) is 18.7. The molecule has 0 unspecified atom stereocenters. The summed E-state index contributed by atoms with van der Waals surface area (Å²) in [5.41, 5.74) is 18.5. The molecular weight excluding hydrogens is 500 g/mol. The molecule has 0 saturated heterocycles. The number of aliphatic imine (C=N–C) groups is 1. The zero-order valence-electron chi connectivity index (χ0n) is 26.0. The molecule has 0 aromatic rings. The van der Waals surface area contributed by atoms with Gasteiger partial charge in [0, 0.05) is 13.0 Å². The van der Waals surface area contributed by atoms with E-state index in [1.165, 1.54) is 44.1 Å². The second kappa shape index (κ2) is 12.3. The Labute approximate surface area is 243 Å². The number of hydrogen-bond acceptors (Lipinski definition) is 5. The van der Waals surface area contributed by atoms with Crippen LogP contribution in [0.2, 0.25) is 0 Å². The second-order valence-electron chi connectivity index (χ2n) is 15.0. The summed E-state index contributed by atoms with van der Waals surface area (Å²) in [7, 11) is 0. The quantitative estimate of drug-likeness (QED) is 0.0877. The third-order valence-corrected chi connectivity index (χ3v) is 11.8. The van der Waals surface area contributed by atoms with Gasteiger partial charge < -0.3 is 27.0 Å². The van der Waals surface area contributed by atoms with Crippen LogP contribution in [0.15, 0.2) is 16.6 Å². The van der Waals surface area contributed by atoms with Crippen LogP contribution >= 0.6 is 0 Å². The first-order valence-electron chi connectivity index (χ1n) is 16.2. The summed E-state index contributed by atoms with van der Waals surface area (Å²) < 4.78 is 5.93. The zero-order valence-corrected chi connectivity index (χ0v) is 26.0. The van der Waals surface area contributed by atoms with Gasteiger partial charge >= 0.3 is 5.97 Å². The highest BCUT2D eigenvalue weighted by atomic mass is 16.5. The van der Waals surface area contributed by atoms with Gasteiger partial charge in [-0.2, -0.15) is 0 Å². The van der Waals surface area contributed by atoms with Gasteiger partial charge in [-0.3, -0.25) is 9.79 Å². The SMILES string of the molecule is C[C@H](CCCC(C)(C)O)[C@H]1CC[C@H]2[C@@H]3CC=C4C[C@@H](OC(=O)[C@@H](N)CCCN=C(N)N)CC[C@]4(C)[C@H]3CC[C@]12C.